The van der Waals surface area contributed by atoms with E-state index in [1.54, 1.807) is 0 Å². The molecule has 0 radical (unpaired) electrons. The van der Waals surface area contributed by atoms with Crippen LogP contribution in [0.15, 0.2) is 252 Å². The number of hydrogen-bond donors (Lipinski definition) is 0. The van der Waals surface area contributed by atoms with Gasteiger partial charge in [-0.3, -0.25) is 9.89 Å². The maximum absolute atomic E-state index is 6.91. The first kappa shape index (κ1) is 41.1. The van der Waals surface area contributed by atoms with Crippen molar-refractivity contribution in [1.29, 1.82) is 0 Å². The van der Waals surface area contributed by atoms with E-state index >= 15 is 0 Å². The first-order chi connectivity index (χ1) is 37.2. The van der Waals surface area contributed by atoms with Crippen LogP contribution in [0.3, 0.4) is 0 Å². The fraction of sp³-hybridized carbons (Fsp3) is 0.0704. The van der Waals surface area contributed by atoms with Gasteiger partial charge in [-0.25, -0.2) is 4.98 Å². The molecule has 1 spiro atoms. The first-order valence-corrected chi connectivity index (χ1v) is 26.3. The number of anilines is 3. The molecule has 75 heavy (non-hydrogen) atoms. The van der Waals surface area contributed by atoms with Crippen molar-refractivity contribution in [2.75, 3.05) is 4.90 Å². The third kappa shape index (κ3) is 5.45. The summed E-state index contributed by atoms with van der Waals surface area (Å²) < 4.78 is 6.91. The fourth-order valence-electron chi connectivity index (χ4n) is 14.3. The average molecular weight is 956 g/mol. The maximum atomic E-state index is 6.91. The summed E-state index contributed by atoms with van der Waals surface area (Å²) in [7, 11) is 0. The van der Waals surface area contributed by atoms with Crippen molar-refractivity contribution in [2.45, 2.75) is 23.2 Å². The van der Waals surface area contributed by atoms with Crippen molar-refractivity contribution < 1.29 is 4.42 Å². The van der Waals surface area contributed by atoms with Crippen LogP contribution in [0.4, 0.5) is 22.9 Å². The molecular weight excluding hydrogens is 911 g/mol. The predicted octanol–water partition coefficient (Wildman–Crippen LogP) is 17.6. The molecule has 0 amide bonds. The van der Waals surface area contributed by atoms with Gasteiger partial charge in [-0.05, 0) is 162 Å². The van der Waals surface area contributed by atoms with Crippen LogP contribution in [-0.4, -0.2) is 11.2 Å². The normalized spacial score (nSPS) is 16.9. The number of fused-ring (bicyclic) bond motifs is 19. The predicted molar refractivity (Wildman–Crippen MR) is 304 cm³/mol. The standard InChI is InChI=1S/C71H45N3O/c1-2-16-45(17-3-1)70(59-24-10-4-18-49(59)50-19-5-11-25-60(50)70)46-37-57(69-55-23-9-15-29-66(55)75-67(69)38-46)43-30-35-68(73-41-43)74(47-32-34-65-58(39-47)56-36-44(56)42-72-65)48-31-33-54-53-22-8-14-28-63(53)71(64(54)40-48)61-26-12-6-20-51(61)52-21-7-13-27-62(52)71/h1-35,37-42,44,56H,36H2. The highest BCUT2D eigenvalue weighted by Gasteiger charge is 2.52. The van der Waals surface area contributed by atoms with Gasteiger partial charge in [-0.1, -0.05) is 176 Å². The summed E-state index contributed by atoms with van der Waals surface area (Å²) in [5, 5.41) is 2.16. The number of nitrogens with zero attached hydrogens (tertiary/aromatic N) is 3. The van der Waals surface area contributed by atoms with E-state index in [2.05, 4.69) is 254 Å². The molecular formula is C71H45N3O. The number of furan rings is 1. The van der Waals surface area contributed by atoms with Crippen molar-refractivity contribution in [3.05, 3.63) is 293 Å². The van der Waals surface area contributed by atoms with Crippen LogP contribution < -0.4 is 4.90 Å². The molecule has 4 nitrogen and oxygen atoms in total. The fourth-order valence-corrected chi connectivity index (χ4v) is 14.3. The molecule has 1 fully saturated rings. The number of aromatic nitrogens is 1. The molecule has 2 unspecified atom stereocenters. The Labute approximate surface area is 434 Å². The Morgan fingerprint density at radius 2 is 0.987 bits per heavy atom. The summed E-state index contributed by atoms with van der Waals surface area (Å²) in [5.41, 5.74) is 25.0. The van der Waals surface area contributed by atoms with E-state index in [9.17, 15) is 0 Å². The van der Waals surface area contributed by atoms with Gasteiger partial charge in [-0.2, -0.15) is 0 Å². The Bertz CT molecular complexity index is 4320. The average Bonchev–Trinajstić information content (AvgIpc) is 3.90. The zero-order valence-corrected chi connectivity index (χ0v) is 40.8. The number of aliphatic imine (C=N–C) groups is 1. The molecule has 2 aromatic heterocycles. The van der Waals surface area contributed by atoms with E-state index in [1.807, 2.05) is 0 Å². The second kappa shape index (κ2) is 15.1. The molecule has 12 aromatic rings. The lowest BCUT2D eigenvalue weighted by atomic mass is 9.67. The van der Waals surface area contributed by atoms with Crippen LogP contribution in [-0.2, 0) is 10.8 Å². The van der Waals surface area contributed by atoms with E-state index < -0.39 is 10.8 Å². The third-order valence-corrected chi connectivity index (χ3v) is 17.5. The second-order valence-electron chi connectivity index (χ2n) is 21.1. The quantitative estimate of drug-likeness (QED) is 0.167. The molecule has 2 atom stereocenters. The molecule has 4 aliphatic carbocycles. The third-order valence-electron chi connectivity index (χ3n) is 17.5. The van der Waals surface area contributed by atoms with E-state index in [-0.39, 0.29) is 0 Å². The van der Waals surface area contributed by atoms with Crippen LogP contribution in [0.1, 0.15) is 62.4 Å². The SMILES string of the molecule is C1=Nc2ccc(N(c3ccc4c(c3)C3(c5ccccc5-c5ccccc53)c3ccccc3-4)c3ccc(-c4cc(C5(c6ccccc6)c6ccccc6-c6ccccc65)cc5oc6ccccc6c45)cn3)cc2C2CC12. The Balaban J connectivity index is 0.883. The molecule has 17 rings (SSSR count). The van der Waals surface area contributed by atoms with E-state index in [0.717, 1.165) is 67.9 Å². The Kier molecular flexibility index (Phi) is 8.28. The Morgan fingerprint density at radius 3 is 1.63 bits per heavy atom. The summed E-state index contributed by atoms with van der Waals surface area (Å²) in [5.74, 6) is 1.85. The van der Waals surface area contributed by atoms with Crippen molar-refractivity contribution in [1.82, 2.24) is 4.98 Å². The molecule has 1 saturated carbocycles. The van der Waals surface area contributed by atoms with E-state index in [1.165, 1.54) is 77.9 Å². The topological polar surface area (TPSA) is 41.6 Å². The summed E-state index contributed by atoms with van der Waals surface area (Å²) in [6, 6.07) is 87.6. The Hall–Kier alpha value is -9.38. The lowest BCUT2D eigenvalue weighted by molar-refractivity contribution is 0.665. The summed E-state index contributed by atoms with van der Waals surface area (Å²) >= 11 is 0. The zero-order chi connectivity index (χ0) is 49.0. The molecule has 350 valence electrons. The van der Waals surface area contributed by atoms with Crippen molar-refractivity contribution in [3.8, 4) is 44.5 Å². The number of rotatable bonds is 6. The minimum absolute atomic E-state index is 0.481. The van der Waals surface area contributed by atoms with Crippen LogP contribution in [0.25, 0.3) is 66.4 Å². The van der Waals surface area contributed by atoms with Crippen molar-refractivity contribution >= 4 is 51.0 Å². The van der Waals surface area contributed by atoms with Gasteiger partial charge in [0, 0.05) is 46.0 Å². The molecule has 1 aliphatic heterocycles. The zero-order valence-electron chi connectivity index (χ0n) is 40.8. The van der Waals surface area contributed by atoms with Crippen molar-refractivity contribution in [3.63, 3.8) is 0 Å². The summed E-state index contributed by atoms with van der Waals surface area (Å²) in [6.45, 7) is 0. The van der Waals surface area contributed by atoms with Gasteiger partial charge < -0.3 is 4.42 Å². The molecule has 10 aromatic carbocycles. The molecule has 0 N–H and O–H groups in total. The molecule has 5 aliphatic rings. The highest BCUT2D eigenvalue weighted by Crippen LogP contribution is 2.64. The summed E-state index contributed by atoms with van der Waals surface area (Å²) in [4.78, 5) is 12.9. The van der Waals surface area contributed by atoms with Gasteiger partial charge in [0.15, 0.2) is 0 Å². The number of benzene rings is 10. The first-order valence-electron chi connectivity index (χ1n) is 26.3. The lowest BCUT2D eigenvalue weighted by Crippen LogP contribution is -2.28. The monoisotopic (exact) mass is 955 g/mol. The maximum Gasteiger partial charge on any atom is 0.137 e. The van der Waals surface area contributed by atoms with Crippen molar-refractivity contribution in [2.24, 2.45) is 10.9 Å². The minimum Gasteiger partial charge on any atom is -0.456 e. The number of para-hydroxylation sites is 1. The summed E-state index contributed by atoms with van der Waals surface area (Å²) in [6.07, 6.45) is 5.38. The van der Waals surface area contributed by atoms with Crippen LogP contribution in [0, 0.1) is 5.92 Å². The van der Waals surface area contributed by atoms with Gasteiger partial charge in [0.05, 0.1) is 16.5 Å². The molecule has 0 bridgehead atoms. The van der Waals surface area contributed by atoms with Crippen LogP contribution in [0.2, 0.25) is 0 Å². The second-order valence-corrected chi connectivity index (χ2v) is 21.1. The smallest absolute Gasteiger partial charge is 0.137 e. The molecule has 0 saturated heterocycles. The highest BCUT2D eigenvalue weighted by molar-refractivity contribution is 6.13. The van der Waals surface area contributed by atoms with Gasteiger partial charge in [0.2, 0.25) is 0 Å². The number of hydrogen-bond acceptors (Lipinski definition) is 4. The van der Waals surface area contributed by atoms with Crippen LogP contribution >= 0.6 is 0 Å². The van der Waals surface area contributed by atoms with E-state index in [0.29, 0.717) is 11.8 Å². The van der Waals surface area contributed by atoms with E-state index in [4.69, 9.17) is 14.4 Å². The molecule has 4 heteroatoms. The lowest BCUT2D eigenvalue weighted by Gasteiger charge is -2.34. The largest absolute Gasteiger partial charge is 0.456 e. The van der Waals surface area contributed by atoms with Gasteiger partial charge in [0.25, 0.3) is 0 Å². The minimum atomic E-state index is -0.609. The van der Waals surface area contributed by atoms with Gasteiger partial charge in [0.1, 0.15) is 17.0 Å². The highest BCUT2D eigenvalue weighted by atomic mass is 16.3. The Morgan fingerprint density at radius 1 is 0.427 bits per heavy atom. The van der Waals surface area contributed by atoms with Gasteiger partial charge in [-0.15, -0.1) is 0 Å². The van der Waals surface area contributed by atoms with Gasteiger partial charge >= 0.3 is 0 Å². The van der Waals surface area contributed by atoms with Crippen LogP contribution in [0.5, 0.6) is 0 Å². The molecule has 3 heterocycles. The number of pyridine rings is 1.